The Morgan fingerprint density at radius 2 is 1.75 bits per heavy atom. The number of nitrogens with one attached hydrogen (secondary N) is 2. The Balaban J connectivity index is 4.31. The van der Waals surface area contributed by atoms with Crippen molar-refractivity contribution in [2.45, 2.75) is 53.9 Å². The van der Waals surface area contributed by atoms with E-state index in [0.717, 1.165) is 44.9 Å². The molecule has 4 nitrogen and oxygen atoms in total. The maximum absolute atomic E-state index is 9.14. The van der Waals surface area contributed by atoms with Gasteiger partial charge in [-0.15, -0.1) is 0 Å². The zero-order valence-electron chi connectivity index (χ0n) is 14.1. The van der Waals surface area contributed by atoms with Gasteiger partial charge in [0.2, 0.25) is 0 Å². The quantitative estimate of drug-likeness (QED) is 0.427. The second-order valence-corrected chi connectivity index (χ2v) is 6.34. The van der Waals surface area contributed by atoms with E-state index in [9.17, 15) is 0 Å². The number of aliphatic hydroxyl groups is 1. The van der Waals surface area contributed by atoms with Gasteiger partial charge in [-0.05, 0) is 43.9 Å². The molecule has 0 rings (SSSR count). The van der Waals surface area contributed by atoms with Crippen molar-refractivity contribution in [3.63, 3.8) is 0 Å². The molecule has 0 aliphatic carbocycles. The summed E-state index contributed by atoms with van der Waals surface area (Å²) in [5.74, 6) is 2.73. The van der Waals surface area contributed by atoms with Crippen molar-refractivity contribution in [2.75, 3.05) is 26.2 Å². The lowest BCUT2D eigenvalue weighted by atomic mass is 9.94. The number of nitrogens with zero attached hydrogens (tertiary/aromatic N) is 1. The van der Waals surface area contributed by atoms with Crippen molar-refractivity contribution < 1.29 is 5.11 Å². The molecular formula is C16H35N3O. The smallest absolute Gasteiger partial charge is 0.191 e. The molecule has 0 saturated heterocycles. The molecule has 0 aliphatic heterocycles. The lowest BCUT2D eigenvalue weighted by Crippen LogP contribution is -2.38. The van der Waals surface area contributed by atoms with Gasteiger partial charge in [0, 0.05) is 26.2 Å². The van der Waals surface area contributed by atoms with Crippen LogP contribution in [0, 0.1) is 17.8 Å². The van der Waals surface area contributed by atoms with Gasteiger partial charge in [0.15, 0.2) is 5.96 Å². The standard InChI is InChI=1S/C16H35N3O/c1-6-17-16(18-9-7-13(2)3)19-12-15(8-10-20)11-14(4)5/h13-15,20H,6-12H2,1-5H3,(H2,17,18,19). The fraction of sp³-hybridized carbons (Fsp3) is 0.938. The molecule has 0 fully saturated rings. The summed E-state index contributed by atoms with van der Waals surface area (Å²) in [5.41, 5.74) is 0. The number of aliphatic hydroxyl groups excluding tert-OH is 1. The Hall–Kier alpha value is -0.770. The molecule has 0 aromatic heterocycles. The van der Waals surface area contributed by atoms with Gasteiger partial charge in [0.25, 0.3) is 0 Å². The van der Waals surface area contributed by atoms with Gasteiger partial charge < -0.3 is 15.7 Å². The molecule has 0 aromatic rings. The normalized spacial score (nSPS) is 13.9. The van der Waals surface area contributed by atoms with Gasteiger partial charge in [0.1, 0.15) is 0 Å². The van der Waals surface area contributed by atoms with E-state index in [4.69, 9.17) is 5.11 Å². The monoisotopic (exact) mass is 285 g/mol. The second kappa shape index (κ2) is 12.0. The maximum Gasteiger partial charge on any atom is 0.191 e. The molecule has 0 bridgehead atoms. The van der Waals surface area contributed by atoms with Crippen LogP contribution in [0.1, 0.15) is 53.9 Å². The molecule has 0 aromatic carbocycles. The third-order valence-electron chi connectivity index (χ3n) is 3.21. The van der Waals surface area contributed by atoms with Crippen LogP contribution >= 0.6 is 0 Å². The fourth-order valence-corrected chi connectivity index (χ4v) is 2.17. The molecule has 0 amide bonds. The first-order chi connectivity index (χ1) is 9.49. The SMILES string of the molecule is CCNC(=NCC(CCO)CC(C)C)NCCC(C)C. The predicted molar refractivity (Wildman–Crippen MR) is 88.1 cm³/mol. The van der Waals surface area contributed by atoms with Gasteiger partial charge in [0.05, 0.1) is 0 Å². The van der Waals surface area contributed by atoms with E-state index >= 15 is 0 Å². The predicted octanol–water partition coefficient (Wildman–Crippen LogP) is 2.63. The van der Waals surface area contributed by atoms with E-state index in [1.165, 1.54) is 0 Å². The largest absolute Gasteiger partial charge is 0.396 e. The molecule has 0 aliphatic rings. The van der Waals surface area contributed by atoms with Crippen LogP contribution in [-0.2, 0) is 0 Å². The molecule has 1 unspecified atom stereocenters. The average Bonchev–Trinajstić information content (AvgIpc) is 2.34. The summed E-state index contributed by atoms with van der Waals surface area (Å²) in [4.78, 5) is 4.67. The van der Waals surface area contributed by atoms with E-state index in [1.807, 2.05) is 0 Å². The minimum absolute atomic E-state index is 0.254. The Morgan fingerprint density at radius 1 is 1.05 bits per heavy atom. The number of aliphatic imine (C=N–C) groups is 1. The first-order valence-corrected chi connectivity index (χ1v) is 8.12. The van der Waals surface area contributed by atoms with Crippen molar-refractivity contribution in [3.8, 4) is 0 Å². The second-order valence-electron chi connectivity index (χ2n) is 6.34. The highest BCUT2D eigenvalue weighted by Gasteiger charge is 2.10. The number of rotatable bonds is 10. The average molecular weight is 285 g/mol. The summed E-state index contributed by atoms with van der Waals surface area (Å²) < 4.78 is 0. The van der Waals surface area contributed by atoms with Crippen LogP contribution in [0.25, 0.3) is 0 Å². The van der Waals surface area contributed by atoms with Crippen molar-refractivity contribution >= 4 is 5.96 Å². The summed E-state index contributed by atoms with van der Waals surface area (Å²) in [6, 6.07) is 0. The van der Waals surface area contributed by atoms with Gasteiger partial charge in [-0.25, -0.2) is 0 Å². The van der Waals surface area contributed by atoms with Crippen LogP contribution in [-0.4, -0.2) is 37.3 Å². The van der Waals surface area contributed by atoms with Gasteiger partial charge in [-0.3, -0.25) is 4.99 Å². The topological polar surface area (TPSA) is 56.7 Å². The van der Waals surface area contributed by atoms with Crippen LogP contribution in [0.3, 0.4) is 0 Å². The molecule has 0 heterocycles. The Bertz CT molecular complexity index is 252. The number of hydrogen-bond donors (Lipinski definition) is 3. The van der Waals surface area contributed by atoms with E-state index in [-0.39, 0.29) is 6.61 Å². The summed E-state index contributed by atoms with van der Waals surface area (Å²) in [7, 11) is 0. The summed E-state index contributed by atoms with van der Waals surface area (Å²) in [6.07, 6.45) is 3.11. The van der Waals surface area contributed by atoms with Crippen LogP contribution < -0.4 is 10.6 Å². The molecule has 1 atom stereocenters. The Kier molecular flexibility index (Phi) is 11.5. The minimum Gasteiger partial charge on any atom is -0.396 e. The maximum atomic E-state index is 9.14. The lowest BCUT2D eigenvalue weighted by molar-refractivity contribution is 0.245. The first kappa shape index (κ1) is 19.2. The van der Waals surface area contributed by atoms with Crippen LogP contribution in [0.15, 0.2) is 4.99 Å². The highest BCUT2D eigenvalue weighted by Crippen LogP contribution is 2.15. The zero-order valence-corrected chi connectivity index (χ0v) is 14.1. The van der Waals surface area contributed by atoms with Gasteiger partial charge in [-0.1, -0.05) is 27.7 Å². The third kappa shape index (κ3) is 11.1. The van der Waals surface area contributed by atoms with Crippen molar-refractivity contribution in [3.05, 3.63) is 0 Å². The molecule has 120 valence electrons. The highest BCUT2D eigenvalue weighted by molar-refractivity contribution is 5.79. The highest BCUT2D eigenvalue weighted by atomic mass is 16.3. The zero-order chi connectivity index (χ0) is 15.4. The molecule has 20 heavy (non-hydrogen) atoms. The number of guanidine groups is 1. The number of hydrogen-bond acceptors (Lipinski definition) is 2. The minimum atomic E-state index is 0.254. The Labute approximate surface area is 125 Å². The summed E-state index contributed by atoms with van der Waals surface area (Å²) in [5, 5.41) is 15.8. The van der Waals surface area contributed by atoms with Crippen LogP contribution in [0.2, 0.25) is 0 Å². The first-order valence-electron chi connectivity index (χ1n) is 8.12. The van der Waals surface area contributed by atoms with E-state index in [1.54, 1.807) is 0 Å². The lowest BCUT2D eigenvalue weighted by Gasteiger charge is -2.17. The molecule has 3 N–H and O–H groups in total. The van der Waals surface area contributed by atoms with Crippen molar-refractivity contribution in [2.24, 2.45) is 22.7 Å². The molecule has 0 saturated carbocycles. The Morgan fingerprint density at radius 3 is 2.25 bits per heavy atom. The van der Waals surface area contributed by atoms with Crippen molar-refractivity contribution in [1.29, 1.82) is 0 Å². The molecule has 0 spiro atoms. The van der Waals surface area contributed by atoms with E-state index < -0.39 is 0 Å². The molecular weight excluding hydrogens is 250 g/mol. The summed E-state index contributed by atoms with van der Waals surface area (Å²) >= 11 is 0. The van der Waals surface area contributed by atoms with E-state index in [0.29, 0.717) is 17.8 Å². The van der Waals surface area contributed by atoms with Crippen LogP contribution in [0.4, 0.5) is 0 Å². The summed E-state index contributed by atoms with van der Waals surface area (Å²) in [6.45, 7) is 13.9. The van der Waals surface area contributed by atoms with Crippen molar-refractivity contribution in [1.82, 2.24) is 10.6 Å². The third-order valence-corrected chi connectivity index (χ3v) is 3.21. The molecule has 0 radical (unpaired) electrons. The van der Waals surface area contributed by atoms with Gasteiger partial charge >= 0.3 is 0 Å². The fourth-order valence-electron chi connectivity index (χ4n) is 2.17. The van der Waals surface area contributed by atoms with Crippen LogP contribution in [0.5, 0.6) is 0 Å². The molecule has 4 heteroatoms. The van der Waals surface area contributed by atoms with Gasteiger partial charge in [-0.2, -0.15) is 0 Å². The van der Waals surface area contributed by atoms with E-state index in [2.05, 4.69) is 50.2 Å².